The van der Waals surface area contributed by atoms with Crippen molar-refractivity contribution in [2.24, 2.45) is 5.92 Å². The molecule has 0 N–H and O–H groups in total. The van der Waals surface area contributed by atoms with Crippen LogP contribution in [0.15, 0.2) is 0 Å². The minimum atomic E-state index is -1.82. The third-order valence-corrected chi connectivity index (χ3v) is 1.31. The van der Waals surface area contributed by atoms with E-state index in [-0.39, 0.29) is 12.4 Å². The topological polar surface area (TPSA) is 26.3 Å². The smallest absolute Gasteiger partial charge is 0.295 e. The van der Waals surface area contributed by atoms with E-state index in [2.05, 4.69) is 4.74 Å². The first-order valence-electron chi connectivity index (χ1n) is 2.81. The zero-order valence-corrected chi connectivity index (χ0v) is 5.85. The first-order chi connectivity index (χ1) is 4.00. The lowest BCUT2D eigenvalue weighted by molar-refractivity contribution is -0.172. The van der Waals surface area contributed by atoms with Gasteiger partial charge in [-0.2, -0.15) is 4.39 Å². The van der Waals surface area contributed by atoms with Crippen LogP contribution >= 0.6 is 0 Å². The van der Waals surface area contributed by atoms with Crippen LogP contribution < -0.4 is 0 Å². The maximum atomic E-state index is 12.8. The van der Waals surface area contributed by atoms with Crippen LogP contribution in [-0.2, 0) is 9.53 Å². The third kappa shape index (κ3) is 2.44. The molecule has 54 valence electrons. The molecule has 0 aromatic rings. The number of carbonyl (C=O) groups is 1. The van der Waals surface area contributed by atoms with Gasteiger partial charge in [0.15, 0.2) is 0 Å². The van der Waals surface area contributed by atoms with Crippen molar-refractivity contribution in [1.29, 1.82) is 0 Å². The third-order valence-electron chi connectivity index (χ3n) is 1.31. The molecule has 0 radical (unpaired) electrons. The Morgan fingerprint density at radius 1 is 1.67 bits per heavy atom. The summed E-state index contributed by atoms with van der Waals surface area (Å²) in [6, 6.07) is 0. The summed E-state index contributed by atoms with van der Waals surface area (Å²) >= 11 is 0. The highest BCUT2D eigenvalue weighted by Crippen LogP contribution is 2.21. The predicted molar refractivity (Wildman–Crippen MR) is 31.5 cm³/mol. The number of carbonyl (C=O) groups excluding carboxylic acids is 1. The van der Waals surface area contributed by atoms with Crippen LogP contribution in [-0.4, -0.2) is 12.3 Å². The normalized spacial score (nSPS) is 17.0. The van der Waals surface area contributed by atoms with Crippen molar-refractivity contribution >= 4 is 6.47 Å². The van der Waals surface area contributed by atoms with Gasteiger partial charge in [-0.25, -0.2) is 0 Å². The molecule has 0 aromatic heterocycles. The second-order valence-electron chi connectivity index (χ2n) is 2.35. The Balaban J connectivity index is 3.84. The van der Waals surface area contributed by atoms with Crippen LogP contribution in [0.3, 0.4) is 0 Å². The highest BCUT2D eigenvalue weighted by molar-refractivity contribution is 5.37. The molecule has 0 aliphatic heterocycles. The van der Waals surface area contributed by atoms with Crippen LogP contribution in [0.25, 0.3) is 0 Å². The zero-order valence-electron chi connectivity index (χ0n) is 5.85. The Bertz CT molecular complexity index is 99.2. The van der Waals surface area contributed by atoms with Gasteiger partial charge in [0.2, 0.25) is 0 Å². The van der Waals surface area contributed by atoms with E-state index in [1.807, 2.05) is 0 Å². The number of alkyl halides is 1. The molecule has 1 atom stereocenters. The highest BCUT2D eigenvalue weighted by atomic mass is 19.2. The monoisotopic (exact) mass is 134 g/mol. The first kappa shape index (κ1) is 8.40. The molecule has 0 saturated heterocycles. The minimum Gasteiger partial charge on any atom is -0.431 e. The van der Waals surface area contributed by atoms with Crippen LogP contribution in [0.1, 0.15) is 20.8 Å². The van der Waals surface area contributed by atoms with Crippen molar-refractivity contribution in [3.63, 3.8) is 0 Å². The summed E-state index contributed by atoms with van der Waals surface area (Å²) in [5, 5.41) is 0. The molecule has 1 unspecified atom stereocenters. The summed E-state index contributed by atoms with van der Waals surface area (Å²) in [6.07, 6.45) is 0. The highest BCUT2D eigenvalue weighted by Gasteiger charge is 2.28. The standard InChI is InChI=1S/C6H11FO2/c1-5(2)6(3,7)9-4-8/h4-5H,1-3H3. The molecule has 0 fully saturated rings. The number of rotatable bonds is 3. The molecule has 0 saturated carbocycles. The van der Waals surface area contributed by atoms with Gasteiger partial charge in [0, 0.05) is 12.8 Å². The lowest BCUT2D eigenvalue weighted by Crippen LogP contribution is -2.28. The molecule has 0 aliphatic rings. The second kappa shape index (κ2) is 2.80. The molecule has 0 aromatic carbocycles. The maximum Gasteiger partial charge on any atom is 0.295 e. The SMILES string of the molecule is CC(C)C(C)(F)OC=O. The van der Waals surface area contributed by atoms with Crippen LogP contribution in [0.5, 0.6) is 0 Å². The van der Waals surface area contributed by atoms with Gasteiger partial charge in [0.05, 0.1) is 0 Å². The molecule has 9 heavy (non-hydrogen) atoms. The summed E-state index contributed by atoms with van der Waals surface area (Å²) in [4.78, 5) is 9.66. The van der Waals surface area contributed by atoms with Crippen LogP contribution in [0, 0.1) is 5.92 Å². The van der Waals surface area contributed by atoms with Gasteiger partial charge in [-0.1, -0.05) is 13.8 Å². The molecule has 0 aliphatic carbocycles. The molecule has 2 nitrogen and oxygen atoms in total. The molecule has 0 amide bonds. The Kier molecular flexibility index (Phi) is 2.62. The van der Waals surface area contributed by atoms with Gasteiger partial charge in [0.25, 0.3) is 12.3 Å². The number of hydrogen-bond donors (Lipinski definition) is 0. The number of hydrogen-bond acceptors (Lipinski definition) is 2. The maximum absolute atomic E-state index is 12.8. The summed E-state index contributed by atoms with van der Waals surface area (Å²) in [5.74, 6) is -2.12. The molecular formula is C6H11FO2. The van der Waals surface area contributed by atoms with E-state index < -0.39 is 5.85 Å². The van der Waals surface area contributed by atoms with Gasteiger partial charge < -0.3 is 4.74 Å². The fraction of sp³-hybridized carbons (Fsp3) is 0.833. The Hall–Kier alpha value is -0.600. The summed E-state index contributed by atoms with van der Waals surface area (Å²) in [7, 11) is 0. The van der Waals surface area contributed by atoms with Crippen molar-refractivity contribution in [1.82, 2.24) is 0 Å². The average Bonchev–Trinajstić information content (AvgIpc) is 1.65. The lowest BCUT2D eigenvalue weighted by Gasteiger charge is -2.21. The average molecular weight is 134 g/mol. The summed E-state index contributed by atoms with van der Waals surface area (Å²) in [5.41, 5.74) is 0. The van der Waals surface area contributed by atoms with Crippen molar-refractivity contribution in [3.05, 3.63) is 0 Å². The quantitative estimate of drug-likeness (QED) is 0.547. The van der Waals surface area contributed by atoms with Crippen LogP contribution in [0.4, 0.5) is 4.39 Å². The van der Waals surface area contributed by atoms with E-state index in [4.69, 9.17) is 0 Å². The second-order valence-corrected chi connectivity index (χ2v) is 2.35. The first-order valence-corrected chi connectivity index (χ1v) is 2.81. The Morgan fingerprint density at radius 2 is 2.11 bits per heavy atom. The van der Waals surface area contributed by atoms with E-state index in [1.54, 1.807) is 13.8 Å². The number of ether oxygens (including phenoxy) is 1. The van der Waals surface area contributed by atoms with Gasteiger partial charge in [-0.05, 0) is 0 Å². The van der Waals surface area contributed by atoms with E-state index in [9.17, 15) is 9.18 Å². The lowest BCUT2D eigenvalue weighted by atomic mass is 10.1. The Labute approximate surface area is 54.0 Å². The van der Waals surface area contributed by atoms with Crippen molar-refractivity contribution in [3.8, 4) is 0 Å². The summed E-state index contributed by atoms with van der Waals surface area (Å²) < 4.78 is 16.9. The number of halogens is 1. The van der Waals surface area contributed by atoms with Gasteiger partial charge >= 0.3 is 0 Å². The van der Waals surface area contributed by atoms with E-state index in [0.29, 0.717) is 0 Å². The largest absolute Gasteiger partial charge is 0.431 e. The van der Waals surface area contributed by atoms with Gasteiger partial charge in [-0.3, -0.25) is 4.79 Å². The zero-order chi connectivity index (χ0) is 7.49. The van der Waals surface area contributed by atoms with Crippen molar-refractivity contribution < 1.29 is 13.9 Å². The Morgan fingerprint density at radius 3 is 2.22 bits per heavy atom. The molecule has 3 heteroatoms. The predicted octanol–water partition coefficient (Wildman–Crippen LogP) is 1.50. The molecule has 0 rings (SSSR count). The fourth-order valence-electron chi connectivity index (χ4n) is 0.230. The molecule has 0 spiro atoms. The van der Waals surface area contributed by atoms with Gasteiger partial charge in [-0.15, -0.1) is 0 Å². The molecule has 0 bridgehead atoms. The van der Waals surface area contributed by atoms with E-state index in [1.165, 1.54) is 6.92 Å². The molecule has 0 heterocycles. The van der Waals surface area contributed by atoms with Crippen LogP contribution in [0.2, 0.25) is 0 Å². The van der Waals surface area contributed by atoms with Gasteiger partial charge in [0.1, 0.15) is 0 Å². The van der Waals surface area contributed by atoms with Crippen molar-refractivity contribution in [2.75, 3.05) is 0 Å². The van der Waals surface area contributed by atoms with E-state index in [0.717, 1.165) is 0 Å². The minimum absolute atomic E-state index is 0.125. The van der Waals surface area contributed by atoms with E-state index >= 15 is 0 Å². The fourth-order valence-corrected chi connectivity index (χ4v) is 0.230. The summed E-state index contributed by atoms with van der Waals surface area (Å²) in [6.45, 7) is 4.64. The van der Waals surface area contributed by atoms with Crippen molar-refractivity contribution in [2.45, 2.75) is 26.6 Å². The molecular weight excluding hydrogens is 123 g/mol.